The minimum Gasteiger partial charge on any atom is -0.402 e. The Balaban J connectivity index is 1.55. The number of rotatable bonds is 4. The molecule has 0 radical (unpaired) electrons. The Hall–Kier alpha value is -3.70. The van der Waals surface area contributed by atoms with E-state index in [1.54, 1.807) is 17.8 Å². The van der Waals surface area contributed by atoms with Gasteiger partial charge < -0.3 is 4.74 Å². The number of aliphatic imine (C=N–C) groups is 1. The number of hydrogen-bond donors (Lipinski definition) is 0. The van der Waals surface area contributed by atoms with Gasteiger partial charge in [-0.15, -0.1) is 0 Å². The standard InChI is InChI=1S/C30H26N2O2S/c1-19-9-8-10-21-17-22(28(32-26(19)21)35-24-11-6-5-7-12-24)18-25-29(33)34-27(31-25)20-13-15-23(16-14-20)30(2,3)4/h5-18H,1-4H3/b25-18+. The number of carbonyl (C=O) groups is 1. The first-order chi connectivity index (χ1) is 16.8. The largest absolute Gasteiger partial charge is 0.402 e. The minimum atomic E-state index is -0.458. The highest BCUT2D eigenvalue weighted by atomic mass is 32.2. The molecule has 174 valence electrons. The molecule has 0 N–H and O–H groups in total. The molecule has 0 aliphatic carbocycles. The highest BCUT2D eigenvalue weighted by Gasteiger charge is 2.25. The van der Waals surface area contributed by atoms with Crippen LogP contribution in [0.15, 0.2) is 99.5 Å². The molecule has 0 atom stereocenters. The van der Waals surface area contributed by atoms with Crippen LogP contribution in [0.1, 0.15) is 43.0 Å². The average molecular weight is 479 g/mol. The molecule has 5 heteroatoms. The van der Waals surface area contributed by atoms with Gasteiger partial charge in [-0.25, -0.2) is 14.8 Å². The number of benzene rings is 3. The predicted octanol–water partition coefficient (Wildman–Crippen LogP) is 7.34. The van der Waals surface area contributed by atoms with E-state index in [-0.39, 0.29) is 11.1 Å². The number of nitrogens with zero attached hydrogens (tertiary/aromatic N) is 2. The number of ether oxygens (including phenoxy) is 1. The maximum absolute atomic E-state index is 12.7. The van der Waals surface area contributed by atoms with Crippen LogP contribution < -0.4 is 0 Å². The summed E-state index contributed by atoms with van der Waals surface area (Å²) in [7, 11) is 0. The van der Waals surface area contributed by atoms with Crippen molar-refractivity contribution in [3.05, 3.63) is 107 Å². The summed E-state index contributed by atoms with van der Waals surface area (Å²) in [6.45, 7) is 8.56. The zero-order valence-corrected chi connectivity index (χ0v) is 21.0. The summed E-state index contributed by atoms with van der Waals surface area (Å²) >= 11 is 1.57. The Morgan fingerprint density at radius 3 is 2.37 bits per heavy atom. The van der Waals surface area contributed by atoms with Crippen molar-refractivity contribution < 1.29 is 9.53 Å². The maximum atomic E-state index is 12.7. The summed E-state index contributed by atoms with van der Waals surface area (Å²) in [5.74, 6) is -0.136. The van der Waals surface area contributed by atoms with Crippen molar-refractivity contribution in [3.63, 3.8) is 0 Å². The number of hydrogen-bond acceptors (Lipinski definition) is 5. The summed E-state index contributed by atoms with van der Waals surface area (Å²) < 4.78 is 5.54. The Bertz CT molecular complexity index is 1480. The number of fused-ring (bicyclic) bond motifs is 1. The predicted molar refractivity (Wildman–Crippen MR) is 143 cm³/mol. The Labute approximate surface area is 209 Å². The molecule has 1 aliphatic heterocycles. The van der Waals surface area contributed by atoms with Gasteiger partial charge in [-0.1, -0.05) is 81.1 Å². The summed E-state index contributed by atoms with van der Waals surface area (Å²) in [5, 5.41) is 1.83. The fourth-order valence-electron chi connectivity index (χ4n) is 3.92. The fraction of sp³-hybridized carbons (Fsp3) is 0.167. The highest BCUT2D eigenvalue weighted by molar-refractivity contribution is 7.99. The zero-order chi connectivity index (χ0) is 24.6. The van der Waals surface area contributed by atoms with Crippen LogP contribution in [0.3, 0.4) is 0 Å². The van der Waals surface area contributed by atoms with E-state index in [1.807, 2.05) is 54.6 Å². The van der Waals surface area contributed by atoms with Gasteiger partial charge in [-0.05, 0) is 59.9 Å². The van der Waals surface area contributed by atoms with Gasteiger partial charge in [0.05, 0.1) is 5.52 Å². The molecular weight excluding hydrogens is 452 g/mol. The van der Waals surface area contributed by atoms with Gasteiger partial charge in [0.2, 0.25) is 5.90 Å². The van der Waals surface area contributed by atoms with E-state index in [2.05, 4.69) is 57.0 Å². The van der Waals surface area contributed by atoms with Gasteiger partial charge in [0.25, 0.3) is 0 Å². The third-order valence-electron chi connectivity index (χ3n) is 5.91. The average Bonchev–Trinajstić information content (AvgIpc) is 3.20. The molecular formula is C30H26N2O2S. The van der Waals surface area contributed by atoms with E-state index < -0.39 is 5.97 Å². The van der Waals surface area contributed by atoms with Gasteiger partial charge in [-0.2, -0.15) is 0 Å². The SMILES string of the molecule is Cc1cccc2cc(/C=C3/N=C(c4ccc(C(C)(C)C)cc4)OC3=O)c(Sc3ccccc3)nc12. The Morgan fingerprint density at radius 1 is 0.914 bits per heavy atom. The lowest BCUT2D eigenvalue weighted by molar-refractivity contribution is -0.129. The smallest absolute Gasteiger partial charge is 0.363 e. The monoisotopic (exact) mass is 478 g/mol. The lowest BCUT2D eigenvalue weighted by Crippen LogP contribution is -2.11. The summed E-state index contributed by atoms with van der Waals surface area (Å²) in [6.07, 6.45) is 1.78. The van der Waals surface area contributed by atoms with E-state index in [0.717, 1.165) is 37.5 Å². The number of aromatic nitrogens is 1. The normalized spacial score (nSPS) is 14.9. The first kappa shape index (κ1) is 23.1. The first-order valence-electron chi connectivity index (χ1n) is 11.5. The number of para-hydroxylation sites is 1. The summed E-state index contributed by atoms with van der Waals surface area (Å²) in [6, 6.07) is 26.3. The minimum absolute atomic E-state index is 0.0476. The Kier molecular flexibility index (Phi) is 6.03. The quantitative estimate of drug-likeness (QED) is 0.227. The molecule has 5 rings (SSSR count). The van der Waals surface area contributed by atoms with Crippen molar-refractivity contribution in [2.24, 2.45) is 4.99 Å². The van der Waals surface area contributed by atoms with Crippen LogP contribution in [0.4, 0.5) is 0 Å². The number of pyridine rings is 1. The number of carbonyl (C=O) groups excluding carboxylic acids is 1. The van der Waals surface area contributed by atoms with Crippen LogP contribution in [0, 0.1) is 6.92 Å². The van der Waals surface area contributed by atoms with Crippen molar-refractivity contribution >= 4 is 40.6 Å². The lowest BCUT2D eigenvalue weighted by Gasteiger charge is -2.18. The molecule has 4 nitrogen and oxygen atoms in total. The lowest BCUT2D eigenvalue weighted by atomic mass is 9.87. The van der Waals surface area contributed by atoms with E-state index in [0.29, 0.717) is 5.90 Å². The molecule has 35 heavy (non-hydrogen) atoms. The first-order valence-corrected chi connectivity index (χ1v) is 12.4. The van der Waals surface area contributed by atoms with Crippen molar-refractivity contribution in [1.29, 1.82) is 0 Å². The van der Waals surface area contributed by atoms with Crippen molar-refractivity contribution in [3.8, 4) is 0 Å². The van der Waals surface area contributed by atoms with Crippen LogP contribution in [0.25, 0.3) is 17.0 Å². The van der Waals surface area contributed by atoms with Gasteiger partial charge >= 0.3 is 5.97 Å². The topological polar surface area (TPSA) is 51.5 Å². The van der Waals surface area contributed by atoms with Crippen molar-refractivity contribution in [1.82, 2.24) is 4.98 Å². The van der Waals surface area contributed by atoms with Crippen LogP contribution in [-0.4, -0.2) is 16.9 Å². The van der Waals surface area contributed by atoms with Gasteiger partial charge in [0, 0.05) is 21.4 Å². The third kappa shape index (κ3) is 4.91. The fourth-order valence-corrected chi connectivity index (χ4v) is 4.81. The van der Waals surface area contributed by atoms with Crippen LogP contribution in [0.2, 0.25) is 0 Å². The van der Waals surface area contributed by atoms with Crippen LogP contribution >= 0.6 is 11.8 Å². The third-order valence-corrected chi connectivity index (χ3v) is 6.94. The molecule has 0 unspecified atom stereocenters. The van der Waals surface area contributed by atoms with E-state index in [4.69, 9.17) is 9.72 Å². The Morgan fingerprint density at radius 2 is 1.66 bits per heavy atom. The van der Waals surface area contributed by atoms with Crippen LogP contribution in [-0.2, 0) is 14.9 Å². The molecule has 1 aliphatic rings. The van der Waals surface area contributed by atoms with Gasteiger partial charge in [-0.3, -0.25) is 0 Å². The van der Waals surface area contributed by atoms with Crippen molar-refractivity contribution in [2.45, 2.75) is 43.0 Å². The second-order valence-electron chi connectivity index (χ2n) is 9.61. The number of cyclic esters (lactones) is 1. The molecule has 2 heterocycles. The molecule has 0 bridgehead atoms. The van der Waals surface area contributed by atoms with Crippen molar-refractivity contribution in [2.75, 3.05) is 0 Å². The maximum Gasteiger partial charge on any atom is 0.363 e. The molecule has 0 saturated heterocycles. The molecule has 3 aromatic carbocycles. The van der Waals surface area contributed by atoms with E-state index in [1.165, 1.54) is 5.56 Å². The van der Waals surface area contributed by atoms with Gasteiger partial charge in [0.1, 0.15) is 5.03 Å². The number of esters is 1. The highest BCUT2D eigenvalue weighted by Crippen LogP contribution is 2.34. The van der Waals surface area contributed by atoms with Crippen LogP contribution in [0.5, 0.6) is 0 Å². The number of aryl methyl sites for hydroxylation is 1. The molecule has 0 amide bonds. The van der Waals surface area contributed by atoms with E-state index in [9.17, 15) is 4.79 Å². The van der Waals surface area contributed by atoms with E-state index >= 15 is 0 Å². The molecule has 4 aromatic rings. The summed E-state index contributed by atoms with van der Waals surface area (Å²) in [4.78, 5) is 23.3. The molecule has 0 saturated carbocycles. The second kappa shape index (κ2) is 9.16. The molecule has 0 spiro atoms. The van der Waals surface area contributed by atoms with Gasteiger partial charge in [0.15, 0.2) is 5.70 Å². The zero-order valence-electron chi connectivity index (χ0n) is 20.2. The second-order valence-corrected chi connectivity index (χ2v) is 10.7. The molecule has 0 fully saturated rings. The summed E-state index contributed by atoms with van der Waals surface area (Å²) in [5.41, 5.74) is 5.19. The molecule has 1 aromatic heterocycles.